The Hall–Kier alpha value is -3.34. The summed E-state index contributed by atoms with van der Waals surface area (Å²) < 4.78 is 14.8. The van der Waals surface area contributed by atoms with E-state index >= 15 is 0 Å². The second-order valence-electron chi connectivity index (χ2n) is 8.12. The maximum Gasteiger partial charge on any atom is 0.272 e. The van der Waals surface area contributed by atoms with Gasteiger partial charge in [-0.15, -0.1) is 0 Å². The third-order valence-corrected chi connectivity index (χ3v) is 6.82. The number of nitrogens with two attached hydrogens (primary N) is 2. The number of aromatic nitrogens is 1. The molecule has 1 aliphatic rings. The van der Waals surface area contributed by atoms with Crippen LogP contribution in [0.2, 0.25) is 0 Å². The standard InChI is InChI=1S/C23H31N5O5S/c1-4-15(22(30)26-13-8-6-5-7-9-13)28(16-11-10-14(32-2)12-17(16)33-3)23(31)20-18(24)19(21(25)29)27-34-20/h10-13,15H,4-9,24H2,1-3H3,(H2,25,29)(H,26,30)/t15-/m1/s1. The first kappa shape index (κ1) is 25.3. The number of carbonyl (C=O) groups excluding carboxylic acids is 3. The van der Waals surface area contributed by atoms with Crippen LogP contribution in [0.4, 0.5) is 11.4 Å². The number of hydrogen-bond acceptors (Lipinski definition) is 8. The first-order chi connectivity index (χ1) is 16.3. The maximum atomic E-state index is 13.8. The van der Waals surface area contributed by atoms with E-state index in [1.54, 1.807) is 18.2 Å². The molecule has 1 aromatic carbocycles. The van der Waals surface area contributed by atoms with E-state index in [0.717, 1.165) is 43.6 Å². The number of nitrogens with one attached hydrogen (secondary N) is 1. The summed E-state index contributed by atoms with van der Waals surface area (Å²) in [5.41, 5.74) is 11.5. The molecular formula is C23H31N5O5S. The molecule has 2 aromatic rings. The summed E-state index contributed by atoms with van der Waals surface area (Å²) in [5, 5.41) is 3.11. The van der Waals surface area contributed by atoms with Gasteiger partial charge in [-0.25, -0.2) is 0 Å². The molecule has 10 nitrogen and oxygen atoms in total. The van der Waals surface area contributed by atoms with Gasteiger partial charge in [0.2, 0.25) is 5.91 Å². The number of primary amides is 1. The van der Waals surface area contributed by atoms with Gasteiger partial charge in [0.15, 0.2) is 5.69 Å². The number of ether oxygens (including phenoxy) is 2. The fourth-order valence-electron chi connectivity index (χ4n) is 4.17. The van der Waals surface area contributed by atoms with E-state index in [1.807, 2.05) is 6.92 Å². The van der Waals surface area contributed by atoms with Gasteiger partial charge >= 0.3 is 0 Å². The molecule has 1 aromatic heterocycles. The van der Waals surface area contributed by atoms with Crippen molar-refractivity contribution < 1.29 is 23.9 Å². The Kier molecular flexibility index (Phi) is 8.32. The molecule has 1 aliphatic carbocycles. The minimum absolute atomic E-state index is 0.0237. The summed E-state index contributed by atoms with van der Waals surface area (Å²) in [6, 6.07) is 4.18. The van der Waals surface area contributed by atoms with Gasteiger partial charge in [-0.3, -0.25) is 19.3 Å². The molecular weight excluding hydrogens is 458 g/mol. The summed E-state index contributed by atoms with van der Waals surface area (Å²) in [7, 11) is 2.99. The Morgan fingerprint density at radius 2 is 1.91 bits per heavy atom. The van der Waals surface area contributed by atoms with E-state index in [1.165, 1.54) is 19.1 Å². The lowest BCUT2D eigenvalue weighted by Crippen LogP contribution is -2.52. The Labute approximate surface area is 202 Å². The van der Waals surface area contributed by atoms with Crippen LogP contribution in [0.15, 0.2) is 18.2 Å². The molecule has 1 saturated carbocycles. The molecule has 0 aliphatic heterocycles. The second kappa shape index (κ2) is 11.2. The Bertz CT molecular complexity index is 1050. The molecule has 0 saturated heterocycles. The molecule has 11 heteroatoms. The van der Waals surface area contributed by atoms with Gasteiger partial charge in [0, 0.05) is 12.1 Å². The number of benzene rings is 1. The van der Waals surface area contributed by atoms with Crippen LogP contribution >= 0.6 is 11.5 Å². The Morgan fingerprint density at radius 1 is 1.21 bits per heavy atom. The molecule has 5 N–H and O–H groups in total. The predicted octanol–water partition coefficient (Wildman–Crippen LogP) is 2.72. The van der Waals surface area contributed by atoms with Crippen molar-refractivity contribution in [2.24, 2.45) is 5.73 Å². The zero-order valence-electron chi connectivity index (χ0n) is 19.6. The topological polar surface area (TPSA) is 150 Å². The van der Waals surface area contributed by atoms with Gasteiger partial charge < -0.3 is 26.3 Å². The van der Waals surface area contributed by atoms with Crippen LogP contribution in [-0.4, -0.2) is 48.4 Å². The van der Waals surface area contributed by atoms with Gasteiger partial charge in [0.05, 0.1) is 25.6 Å². The van der Waals surface area contributed by atoms with Crippen molar-refractivity contribution in [2.45, 2.75) is 57.5 Å². The molecule has 1 heterocycles. The van der Waals surface area contributed by atoms with E-state index in [0.29, 0.717) is 23.6 Å². The number of methoxy groups -OCH3 is 2. The fourth-order valence-corrected chi connectivity index (χ4v) is 4.91. The van der Waals surface area contributed by atoms with E-state index in [9.17, 15) is 14.4 Å². The van der Waals surface area contributed by atoms with Crippen LogP contribution in [-0.2, 0) is 4.79 Å². The van der Waals surface area contributed by atoms with Crippen LogP contribution in [0.3, 0.4) is 0 Å². The fraction of sp³-hybridized carbons (Fsp3) is 0.478. The summed E-state index contributed by atoms with van der Waals surface area (Å²) in [5.74, 6) is -0.797. The molecule has 0 spiro atoms. The number of carbonyl (C=O) groups is 3. The van der Waals surface area contributed by atoms with Gasteiger partial charge in [-0.2, -0.15) is 4.37 Å². The summed E-state index contributed by atoms with van der Waals surface area (Å²) in [6.07, 6.45) is 5.43. The van der Waals surface area contributed by atoms with Gasteiger partial charge in [-0.05, 0) is 42.9 Å². The third kappa shape index (κ3) is 5.24. The molecule has 3 rings (SSSR count). The SMILES string of the molecule is CC[C@H](C(=O)NC1CCCCC1)N(C(=O)c1snc(C(N)=O)c1N)c1ccc(OC)cc1OC. The second-order valence-corrected chi connectivity index (χ2v) is 8.89. The number of anilines is 2. The van der Waals surface area contributed by atoms with Crippen molar-refractivity contribution in [3.63, 3.8) is 0 Å². The molecule has 1 fully saturated rings. The van der Waals surface area contributed by atoms with Crippen molar-refractivity contribution in [1.82, 2.24) is 9.69 Å². The maximum absolute atomic E-state index is 13.8. The zero-order valence-corrected chi connectivity index (χ0v) is 20.4. The number of nitrogens with zero attached hydrogens (tertiary/aromatic N) is 2. The van der Waals surface area contributed by atoms with Crippen LogP contribution in [0.5, 0.6) is 11.5 Å². The van der Waals surface area contributed by atoms with Crippen LogP contribution < -0.4 is 31.2 Å². The predicted molar refractivity (Wildman–Crippen MR) is 130 cm³/mol. The quantitative estimate of drug-likeness (QED) is 0.490. The highest BCUT2D eigenvalue weighted by atomic mass is 32.1. The Balaban J connectivity index is 2.06. The minimum atomic E-state index is -0.852. The molecule has 3 amide bonds. The van der Waals surface area contributed by atoms with E-state index in [4.69, 9.17) is 20.9 Å². The highest BCUT2D eigenvalue weighted by molar-refractivity contribution is 7.09. The average molecular weight is 490 g/mol. The van der Waals surface area contributed by atoms with Crippen molar-refractivity contribution in [1.29, 1.82) is 0 Å². The smallest absolute Gasteiger partial charge is 0.272 e. The molecule has 0 radical (unpaired) electrons. The molecule has 184 valence electrons. The first-order valence-corrected chi connectivity index (χ1v) is 12.0. The molecule has 0 unspecified atom stereocenters. The monoisotopic (exact) mass is 489 g/mol. The first-order valence-electron chi connectivity index (χ1n) is 11.2. The molecule has 34 heavy (non-hydrogen) atoms. The lowest BCUT2D eigenvalue weighted by atomic mass is 9.95. The number of amides is 3. The van der Waals surface area contributed by atoms with Crippen LogP contribution in [0.1, 0.15) is 65.6 Å². The third-order valence-electron chi connectivity index (χ3n) is 5.97. The molecule has 0 bridgehead atoms. The summed E-state index contributed by atoms with van der Waals surface area (Å²) in [4.78, 5) is 40.3. The van der Waals surface area contributed by atoms with Crippen molar-refractivity contribution in [3.8, 4) is 11.5 Å². The summed E-state index contributed by atoms with van der Waals surface area (Å²) in [6.45, 7) is 1.83. The number of rotatable bonds is 9. The van der Waals surface area contributed by atoms with Crippen molar-refractivity contribution in [3.05, 3.63) is 28.8 Å². The minimum Gasteiger partial charge on any atom is -0.497 e. The van der Waals surface area contributed by atoms with E-state index < -0.39 is 17.9 Å². The number of hydrogen-bond donors (Lipinski definition) is 3. The normalized spacial score (nSPS) is 14.8. The molecule has 1 atom stereocenters. The van der Waals surface area contributed by atoms with Crippen molar-refractivity contribution >= 4 is 40.6 Å². The van der Waals surface area contributed by atoms with Crippen LogP contribution in [0.25, 0.3) is 0 Å². The number of nitrogen functional groups attached to an aromatic ring is 1. The largest absolute Gasteiger partial charge is 0.497 e. The Morgan fingerprint density at radius 3 is 2.47 bits per heavy atom. The zero-order chi connectivity index (χ0) is 24.8. The van der Waals surface area contributed by atoms with E-state index in [2.05, 4.69) is 9.69 Å². The van der Waals surface area contributed by atoms with Gasteiger partial charge in [0.1, 0.15) is 22.4 Å². The van der Waals surface area contributed by atoms with Crippen LogP contribution in [0, 0.1) is 0 Å². The van der Waals surface area contributed by atoms with Gasteiger partial charge in [-0.1, -0.05) is 26.2 Å². The van der Waals surface area contributed by atoms with E-state index in [-0.39, 0.29) is 28.2 Å². The lowest BCUT2D eigenvalue weighted by Gasteiger charge is -2.33. The van der Waals surface area contributed by atoms with Crippen molar-refractivity contribution in [2.75, 3.05) is 24.9 Å². The summed E-state index contributed by atoms with van der Waals surface area (Å²) >= 11 is 0.768. The highest BCUT2D eigenvalue weighted by Gasteiger charge is 2.36. The van der Waals surface area contributed by atoms with Gasteiger partial charge in [0.25, 0.3) is 11.8 Å². The average Bonchev–Trinajstić information content (AvgIpc) is 3.23. The highest BCUT2D eigenvalue weighted by Crippen LogP contribution is 2.36. The lowest BCUT2D eigenvalue weighted by molar-refractivity contribution is -0.123.